The molecule has 0 bridgehead atoms. The molecule has 0 radical (unpaired) electrons. The third-order valence-electron chi connectivity index (χ3n) is 6.88. The lowest BCUT2D eigenvalue weighted by atomic mass is 9.90. The lowest BCUT2D eigenvalue weighted by molar-refractivity contribution is -0.148. The molecular formula is C24H35FN8OS. The van der Waals surface area contributed by atoms with Gasteiger partial charge in [0, 0.05) is 75.8 Å². The summed E-state index contributed by atoms with van der Waals surface area (Å²) in [6.45, 7) is 4.87. The summed E-state index contributed by atoms with van der Waals surface area (Å²) in [6.07, 6.45) is 7.08. The number of amides is 1. The van der Waals surface area contributed by atoms with Crippen LogP contribution in [0.4, 0.5) is 21.8 Å². The van der Waals surface area contributed by atoms with Crippen molar-refractivity contribution in [1.29, 1.82) is 0 Å². The predicted octanol–water partition coefficient (Wildman–Crippen LogP) is 2.55. The Morgan fingerprint density at radius 3 is 2.49 bits per heavy atom. The molecule has 2 saturated heterocycles. The maximum atomic E-state index is 15.8. The molecule has 4 rings (SSSR count). The molecule has 0 saturated carbocycles. The van der Waals surface area contributed by atoms with Gasteiger partial charge in [0.05, 0.1) is 11.6 Å². The number of nitrogens with two attached hydrogens (primary N) is 2. The fraction of sp³-hybridized carbons (Fsp3) is 0.583. The van der Waals surface area contributed by atoms with Crippen LogP contribution in [-0.2, 0) is 11.3 Å². The van der Waals surface area contributed by atoms with E-state index in [0.717, 1.165) is 35.9 Å². The highest BCUT2D eigenvalue weighted by molar-refractivity contribution is 7.99. The lowest BCUT2D eigenvalue weighted by Gasteiger charge is -2.42. The van der Waals surface area contributed by atoms with Crippen LogP contribution in [0.3, 0.4) is 0 Å². The number of hydrogen-bond donors (Lipinski definition) is 2. The number of nitrogens with zero attached hydrogens (tertiary/aromatic N) is 6. The van der Waals surface area contributed by atoms with E-state index in [4.69, 9.17) is 11.5 Å². The quantitative estimate of drug-likeness (QED) is 0.525. The van der Waals surface area contributed by atoms with Gasteiger partial charge in [0.15, 0.2) is 11.5 Å². The molecule has 190 valence electrons. The summed E-state index contributed by atoms with van der Waals surface area (Å²) < 4.78 is 15.8. The molecule has 0 unspecified atom stereocenters. The van der Waals surface area contributed by atoms with E-state index in [0.29, 0.717) is 38.4 Å². The number of carbonyl (C=O) groups is 1. The van der Waals surface area contributed by atoms with Gasteiger partial charge in [-0.25, -0.2) is 19.3 Å². The summed E-state index contributed by atoms with van der Waals surface area (Å²) in [7, 11) is 0. The van der Waals surface area contributed by atoms with Gasteiger partial charge in [0.25, 0.3) is 5.91 Å². The molecule has 0 aliphatic carbocycles. The molecular weight excluding hydrogens is 467 g/mol. The number of pyridine rings is 1. The van der Waals surface area contributed by atoms with Crippen LogP contribution in [0, 0.1) is 0 Å². The summed E-state index contributed by atoms with van der Waals surface area (Å²) in [5.41, 5.74) is 11.5. The molecule has 0 atom stereocenters. The van der Waals surface area contributed by atoms with Crippen LogP contribution < -0.4 is 16.4 Å². The Balaban J connectivity index is 1.31. The van der Waals surface area contributed by atoms with Crippen molar-refractivity contribution in [2.45, 2.75) is 50.9 Å². The first-order valence-corrected chi connectivity index (χ1v) is 13.4. The van der Waals surface area contributed by atoms with Gasteiger partial charge in [-0.05, 0) is 30.7 Å². The number of alkyl halides is 1. The monoisotopic (exact) mass is 502 g/mol. The van der Waals surface area contributed by atoms with E-state index in [2.05, 4.69) is 31.7 Å². The zero-order chi connectivity index (χ0) is 24.8. The average Bonchev–Trinajstić information content (AvgIpc) is 2.88. The molecule has 2 aromatic rings. The summed E-state index contributed by atoms with van der Waals surface area (Å²) in [5.74, 6) is 2.45. The summed E-state index contributed by atoms with van der Waals surface area (Å²) in [6, 6.07) is 3.92. The first-order chi connectivity index (χ1) is 16.9. The number of aromatic nitrogens is 3. The fourth-order valence-electron chi connectivity index (χ4n) is 4.83. The molecule has 0 spiro atoms. The van der Waals surface area contributed by atoms with Crippen LogP contribution in [0.25, 0.3) is 0 Å². The van der Waals surface area contributed by atoms with E-state index in [-0.39, 0.29) is 30.7 Å². The second kappa shape index (κ2) is 11.4. The normalized spacial score (nSPS) is 19.0. The standard InChI is InChI=1S/C24H35FN8OS/c1-2-35-17-33(21-20(26)4-3-9-28-21)19-5-10-32(11-6-19)22(34)24(25)7-12-31(13-8-24)16-18-14-29-23(27)30-15-18/h3-4,9,14-15,19H,2,5-8,10-13,16-17,26H2,1H3,(H2,27,29,30). The van der Waals surface area contributed by atoms with E-state index in [1.54, 1.807) is 23.5 Å². The number of anilines is 3. The van der Waals surface area contributed by atoms with Crippen LogP contribution >= 0.6 is 11.8 Å². The van der Waals surface area contributed by atoms with Crippen molar-refractivity contribution in [3.8, 4) is 0 Å². The van der Waals surface area contributed by atoms with Crippen molar-refractivity contribution in [3.05, 3.63) is 36.3 Å². The molecule has 4 N–H and O–H groups in total. The number of hydrogen-bond acceptors (Lipinski definition) is 9. The highest BCUT2D eigenvalue weighted by Crippen LogP contribution is 2.33. The minimum absolute atomic E-state index is 0.200. The third kappa shape index (κ3) is 6.13. The molecule has 0 aromatic carbocycles. The zero-order valence-corrected chi connectivity index (χ0v) is 21.1. The van der Waals surface area contributed by atoms with E-state index < -0.39 is 5.67 Å². The summed E-state index contributed by atoms with van der Waals surface area (Å²) in [5, 5.41) is 0. The number of piperidine rings is 2. The molecule has 9 nitrogen and oxygen atoms in total. The Hall–Kier alpha value is -2.66. The second-order valence-electron chi connectivity index (χ2n) is 9.22. The van der Waals surface area contributed by atoms with Gasteiger partial charge in [0.2, 0.25) is 5.95 Å². The molecule has 11 heteroatoms. The predicted molar refractivity (Wildman–Crippen MR) is 139 cm³/mol. The van der Waals surface area contributed by atoms with Crippen molar-refractivity contribution in [3.63, 3.8) is 0 Å². The third-order valence-corrected chi connectivity index (χ3v) is 7.75. The SMILES string of the molecule is CCSCN(c1ncccc1N)C1CCN(C(=O)C2(F)CCN(Cc3cnc(N)nc3)CC2)CC1. The first-order valence-electron chi connectivity index (χ1n) is 12.2. The van der Waals surface area contributed by atoms with Crippen LogP contribution in [0.1, 0.15) is 38.2 Å². The van der Waals surface area contributed by atoms with E-state index in [1.165, 1.54) is 0 Å². The zero-order valence-electron chi connectivity index (χ0n) is 20.3. The van der Waals surface area contributed by atoms with Gasteiger partial charge in [-0.15, -0.1) is 11.8 Å². The summed E-state index contributed by atoms with van der Waals surface area (Å²) >= 11 is 1.82. The van der Waals surface area contributed by atoms with E-state index in [9.17, 15) is 4.79 Å². The van der Waals surface area contributed by atoms with Gasteiger partial charge < -0.3 is 21.3 Å². The van der Waals surface area contributed by atoms with Crippen LogP contribution in [-0.4, -0.2) is 80.2 Å². The van der Waals surface area contributed by atoms with Crippen LogP contribution in [0.2, 0.25) is 0 Å². The summed E-state index contributed by atoms with van der Waals surface area (Å²) in [4.78, 5) is 31.8. The maximum Gasteiger partial charge on any atom is 0.260 e. The molecule has 2 aliphatic rings. The van der Waals surface area contributed by atoms with Crippen molar-refractivity contribution >= 4 is 35.1 Å². The van der Waals surface area contributed by atoms with Gasteiger partial charge in [-0.3, -0.25) is 9.69 Å². The molecule has 2 aromatic heterocycles. The Morgan fingerprint density at radius 2 is 1.86 bits per heavy atom. The Bertz CT molecular complexity index is 978. The number of rotatable bonds is 8. The Labute approximate surface area is 210 Å². The second-order valence-corrected chi connectivity index (χ2v) is 10.5. The minimum atomic E-state index is -1.80. The van der Waals surface area contributed by atoms with Gasteiger partial charge in [0.1, 0.15) is 0 Å². The number of likely N-dealkylation sites (tertiary alicyclic amines) is 2. The van der Waals surface area contributed by atoms with Crippen molar-refractivity contribution in [1.82, 2.24) is 24.8 Å². The van der Waals surface area contributed by atoms with E-state index >= 15 is 4.39 Å². The minimum Gasteiger partial charge on any atom is -0.396 e. The highest BCUT2D eigenvalue weighted by Gasteiger charge is 2.45. The molecule has 2 fully saturated rings. The highest BCUT2D eigenvalue weighted by atomic mass is 32.2. The van der Waals surface area contributed by atoms with E-state index in [1.807, 2.05) is 23.9 Å². The van der Waals surface area contributed by atoms with Gasteiger partial charge >= 0.3 is 0 Å². The fourth-order valence-corrected chi connectivity index (χ4v) is 5.54. The smallest absolute Gasteiger partial charge is 0.260 e. The van der Waals surface area contributed by atoms with Gasteiger partial charge in [-0.2, -0.15) is 0 Å². The van der Waals surface area contributed by atoms with Crippen LogP contribution in [0.15, 0.2) is 30.7 Å². The molecule has 1 amide bonds. The number of nitrogen functional groups attached to an aromatic ring is 2. The topological polar surface area (TPSA) is 118 Å². The lowest BCUT2D eigenvalue weighted by Crippen LogP contribution is -2.55. The average molecular weight is 503 g/mol. The Morgan fingerprint density at radius 1 is 1.17 bits per heavy atom. The Kier molecular flexibility index (Phi) is 8.27. The van der Waals surface area contributed by atoms with Crippen molar-refractivity contribution < 1.29 is 9.18 Å². The van der Waals surface area contributed by atoms with Crippen LogP contribution in [0.5, 0.6) is 0 Å². The molecule has 35 heavy (non-hydrogen) atoms. The number of thioether (sulfide) groups is 1. The molecule has 4 heterocycles. The van der Waals surface area contributed by atoms with Gasteiger partial charge in [-0.1, -0.05) is 6.92 Å². The largest absolute Gasteiger partial charge is 0.396 e. The molecule has 2 aliphatic heterocycles. The maximum absolute atomic E-state index is 15.8. The number of halogens is 1. The number of carbonyl (C=O) groups excluding carboxylic acids is 1. The first kappa shape index (κ1) is 25.4. The van der Waals surface area contributed by atoms with Crippen molar-refractivity contribution in [2.24, 2.45) is 0 Å². The van der Waals surface area contributed by atoms with Crippen molar-refractivity contribution in [2.75, 3.05) is 54.2 Å².